The molecule has 1 aromatic heterocycles. The van der Waals surface area contributed by atoms with E-state index in [2.05, 4.69) is 12.2 Å². The maximum Gasteiger partial charge on any atom is 0.126 e. The minimum atomic E-state index is -0.173. The summed E-state index contributed by atoms with van der Waals surface area (Å²) >= 11 is 0. The second kappa shape index (κ2) is 5.83. The fraction of sp³-hybridized carbons (Fsp3) is 0.333. The lowest BCUT2D eigenvalue weighted by Crippen LogP contribution is -2.13. The Morgan fingerprint density at radius 2 is 2.11 bits per heavy atom. The highest BCUT2D eigenvalue weighted by atomic mass is 19.1. The second-order valence-electron chi connectivity index (χ2n) is 4.40. The van der Waals surface area contributed by atoms with E-state index in [4.69, 9.17) is 4.42 Å². The monoisotopic (exact) mass is 247 g/mol. The summed E-state index contributed by atoms with van der Waals surface area (Å²) in [6.45, 7) is 5.56. The van der Waals surface area contributed by atoms with E-state index in [-0.39, 0.29) is 5.82 Å². The predicted octanol–water partition coefficient (Wildman–Crippen LogP) is 3.89. The van der Waals surface area contributed by atoms with Crippen LogP contribution in [0.15, 0.2) is 34.9 Å². The number of halogens is 1. The molecule has 0 saturated heterocycles. The van der Waals surface area contributed by atoms with E-state index >= 15 is 0 Å². The Morgan fingerprint density at radius 3 is 2.83 bits per heavy atom. The molecule has 96 valence electrons. The molecule has 0 bridgehead atoms. The summed E-state index contributed by atoms with van der Waals surface area (Å²) in [6, 6.07) is 7.07. The van der Waals surface area contributed by atoms with E-state index in [0.29, 0.717) is 12.1 Å². The van der Waals surface area contributed by atoms with Gasteiger partial charge in [0.05, 0.1) is 12.8 Å². The van der Waals surface area contributed by atoms with E-state index in [1.807, 2.05) is 12.1 Å². The highest BCUT2D eigenvalue weighted by molar-refractivity contribution is 5.66. The molecule has 0 saturated carbocycles. The summed E-state index contributed by atoms with van der Waals surface area (Å²) in [5, 5.41) is 3.31. The molecule has 2 aromatic rings. The van der Waals surface area contributed by atoms with Gasteiger partial charge in [-0.3, -0.25) is 0 Å². The van der Waals surface area contributed by atoms with Gasteiger partial charge in [0.15, 0.2) is 0 Å². The van der Waals surface area contributed by atoms with Crippen molar-refractivity contribution in [3.8, 4) is 11.1 Å². The number of hydrogen-bond donors (Lipinski definition) is 1. The fourth-order valence-electron chi connectivity index (χ4n) is 1.93. The molecule has 0 fully saturated rings. The SMILES string of the molecule is CCCNCc1occc1-c1ccc(F)c(C)c1. The van der Waals surface area contributed by atoms with Gasteiger partial charge < -0.3 is 9.73 Å². The summed E-state index contributed by atoms with van der Waals surface area (Å²) in [5.41, 5.74) is 2.68. The summed E-state index contributed by atoms with van der Waals surface area (Å²) in [5.74, 6) is 0.724. The van der Waals surface area contributed by atoms with Crippen LogP contribution >= 0.6 is 0 Å². The lowest BCUT2D eigenvalue weighted by molar-refractivity contribution is 0.484. The van der Waals surface area contributed by atoms with Crippen LogP contribution < -0.4 is 5.32 Å². The first-order valence-electron chi connectivity index (χ1n) is 6.26. The van der Waals surface area contributed by atoms with Crippen molar-refractivity contribution in [1.29, 1.82) is 0 Å². The third-order valence-electron chi connectivity index (χ3n) is 2.93. The van der Waals surface area contributed by atoms with Crippen LogP contribution in [0.4, 0.5) is 4.39 Å². The maximum atomic E-state index is 13.3. The minimum absolute atomic E-state index is 0.173. The molecule has 1 aromatic carbocycles. The van der Waals surface area contributed by atoms with E-state index < -0.39 is 0 Å². The van der Waals surface area contributed by atoms with Gasteiger partial charge >= 0.3 is 0 Å². The van der Waals surface area contributed by atoms with E-state index in [0.717, 1.165) is 29.9 Å². The predicted molar refractivity (Wildman–Crippen MR) is 70.8 cm³/mol. The molecule has 18 heavy (non-hydrogen) atoms. The van der Waals surface area contributed by atoms with Crippen molar-refractivity contribution < 1.29 is 8.81 Å². The molecule has 0 aliphatic carbocycles. The first kappa shape index (κ1) is 12.8. The summed E-state index contributed by atoms with van der Waals surface area (Å²) in [7, 11) is 0. The molecular weight excluding hydrogens is 229 g/mol. The third kappa shape index (κ3) is 2.79. The second-order valence-corrected chi connectivity index (χ2v) is 4.40. The summed E-state index contributed by atoms with van der Waals surface area (Å²) in [4.78, 5) is 0. The van der Waals surface area contributed by atoms with Gasteiger partial charge in [0.25, 0.3) is 0 Å². The fourth-order valence-corrected chi connectivity index (χ4v) is 1.93. The van der Waals surface area contributed by atoms with Gasteiger partial charge in [-0.1, -0.05) is 13.0 Å². The van der Waals surface area contributed by atoms with Crippen LogP contribution in [0.1, 0.15) is 24.7 Å². The van der Waals surface area contributed by atoms with Gasteiger partial charge in [-0.25, -0.2) is 4.39 Å². The average molecular weight is 247 g/mol. The molecule has 0 aliphatic heterocycles. The Bertz CT molecular complexity index is 519. The van der Waals surface area contributed by atoms with Crippen LogP contribution in [-0.2, 0) is 6.54 Å². The standard InChI is InChI=1S/C15H18FNO/c1-3-7-17-10-15-13(6-8-18-15)12-4-5-14(16)11(2)9-12/h4-6,8-9,17H,3,7,10H2,1-2H3. The van der Waals surface area contributed by atoms with E-state index in [1.165, 1.54) is 6.07 Å². The highest BCUT2D eigenvalue weighted by Gasteiger charge is 2.09. The number of aryl methyl sites for hydroxylation is 1. The van der Waals surface area contributed by atoms with Gasteiger partial charge in [0.2, 0.25) is 0 Å². The lowest BCUT2D eigenvalue weighted by Gasteiger charge is -2.05. The van der Waals surface area contributed by atoms with Crippen LogP contribution in [0.5, 0.6) is 0 Å². The molecule has 0 aliphatic rings. The van der Waals surface area contributed by atoms with E-state index in [1.54, 1.807) is 19.3 Å². The van der Waals surface area contributed by atoms with Gasteiger partial charge in [-0.2, -0.15) is 0 Å². The Hall–Kier alpha value is -1.61. The number of hydrogen-bond acceptors (Lipinski definition) is 2. The zero-order chi connectivity index (χ0) is 13.0. The van der Waals surface area contributed by atoms with Crippen molar-refractivity contribution in [3.05, 3.63) is 47.7 Å². The Kier molecular flexibility index (Phi) is 4.15. The van der Waals surface area contributed by atoms with Gasteiger partial charge in [0, 0.05) is 5.56 Å². The largest absolute Gasteiger partial charge is 0.467 e. The molecule has 3 heteroatoms. The minimum Gasteiger partial charge on any atom is -0.467 e. The summed E-state index contributed by atoms with van der Waals surface area (Å²) < 4.78 is 18.7. The first-order chi connectivity index (χ1) is 8.72. The maximum absolute atomic E-state index is 13.3. The molecule has 2 nitrogen and oxygen atoms in total. The molecule has 0 radical (unpaired) electrons. The first-order valence-corrected chi connectivity index (χ1v) is 6.26. The molecule has 1 heterocycles. The van der Waals surface area contributed by atoms with Gasteiger partial charge in [0.1, 0.15) is 11.6 Å². The number of rotatable bonds is 5. The zero-order valence-electron chi connectivity index (χ0n) is 10.8. The molecule has 1 N–H and O–H groups in total. The van der Waals surface area contributed by atoms with Crippen molar-refractivity contribution in [2.24, 2.45) is 0 Å². The quantitative estimate of drug-likeness (QED) is 0.811. The number of benzene rings is 1. The number of nitrogens with one attached hydrogen (secondary N) is 1. The van der Waals surface area contributed by atoms with Crippen LogP contribution in [0.25, 0.3) is 11.1 Å². The van der Waals surface area contributed by atoms with Crippen molar-refractivity contribution in [2.45, 2.75) is 26.8 Å². The van der Waals surface area contributed by atoms with Crippen molar-refractivity contribution in [2.75, 3.05) is 6.54 Å². The molecule has 0 unspecified atom stereocenters. The molecule has 2 rings (SSSR count). The molecule has 0 spiro atoms. The van der Waals surface area contributed by atoms with Gasteiger partial charge in [-0.05, 0) is 49.2 Å². The van der Waals surface area contributed by atoms with Crippen molar-refractivity contribution >= 4 is 0 Å². The average Bonchev–Trinajstić information content (AvgIpc) is 2.81. The molecular formula is C15H18FNO. The highest BCUT2D eigenvalue weighted by Crippen LogP contribution is 2.26. The Morgan fingerprint density at radius 1 is 1.28 bits per heavy atom. The topological polar surface area (TPSA) is 25.2 Å². The van der Waals surface area contributed by atoms with Crippen LogP contribution in [0.3, 0.4) is 0 Å². The van der Waals surface area contributed by atoms with Crippen molar-refractivity contribution in [1.82, 2.24) is 5.32 Å². The molecule has 0 amide bonds. The van der Waals surface area contributed by atoms with Crippen molar-refractivity contribution in [3.63, 3.8) is 0 Å². The van der Waals surface area contributed by atoms with Crippen LogP contribution in [0.2, 0.25) is 0 Å². The van der Waals surface area contributed by atoms with Gasteiger partial charge in [-0.15, -0.1) is 0 Å². The Balaban J connectivity index is 2.22. The third-order valence-corrected chi connectivity index (χ3v) is 2.93. The molecule has 0 atom stereocenters. The zero-order valence-corrected chi connectivity index (χ0v) is 10.8. The van der Waals surface area contributed by atoms with Crippen LogP contribution in [-0.4, -0.2) is 6.54 Å². The lowest BCUT2D eigenvalue weighted by atomic mass is 10.0. The number of furan rings is 1. The summed E-state index contributed by atoms with van der Waals surface area (Å²) in [6.07, 6.45) is 2.77. The smallest absolute Gasteiger partial charge is 0.126 e. The Labute approximate surface area is 107 Å². The van der Waals surface area contributed by atoms with Crippen LogP contribution in [0, 0.1) is 12.7 Å². The van der Waals surface area contributed by atoms with E-state index in [9.17, 15) is 4.39 Å². The normalized spacial score (nSPS) is 10.8.